The van der Waals surface area contributed by atoms with Gasteiger partial charge in [-0.05, 0) is 6.92 Å². The molecule has 0 saturated heterocycles. The van der Waals surface area contributed by atoms with Crippen LogP contribution in [0.15, 0.2) is 15.3 Å². The number of rotatable bonds is 1. The van der Waals surface area contributed by atoms with Gasteiger partial charge in [-0.1, -0.05) is 5.16 Å². The van der Waals surface area contributed by atoms with Gasteiger partial charge in [0, 0.05) is 22.6 Å². The highest BCUT2D eigenvalue weighted by Crippen LogP contribution is 2.20. The molecule has 6 heteroatoms. The molecule has 0 bridgehead atoms. The van der Waals surface area contributed by atoms with E-state index in [4.69, 9.17) is 8.94 Å². The molecule has 0 spiro atoms. The molecule has 0 aliphatic carbocycles. The van der Waals surface area contributed by atoms with E-state index in [1.165, 1.54) is 6.39 Å². The fourth-order valence-corrected chi connectivity index (χ4v) is 1.12. The van der Waals surface area contributed by atoms with Gasteiger partial charge in [0.05, 0.1) is 5.69 Å². The maximum atomic E-state index is 5.05. The van der Waals surface area contributed by atoms with Crippen molar-refractivity contribution in [3.63, 3.8) is 0 Å². The Balaban J connectivity index is 2.50. The molecule has 2 aromatic heterocycles. The van der Waals surface area contributed by atoms with E-state index in [0.29, 0.717) is 15.5 Å². The van der Waals surface area contributed by atoms with Crippen LogP contribution in [0.1, 0.15) is 5.69 Å². The minimum atomic E-state index is 0.370. The summed E-state index contributed by atoms with van der Waals surface area (Å²) in [6.07, 6.45) is 1.35. The second-order valence-corrected chi connectivity index (χ2v) is 3.10. The zero-order chi connectivity index (χ0) is 8.55. The summed E-state index contributed by atoms with van der Waals surface area (Å²) in [6, 6.07) is 0. The summed E-state index contributed by atoms with van der Waals surface area (Å²) in [5.41, 5.74) is 0.745. The second kappa shape index (κ2) is 2.85. The highest BCUT2D eigenvalue weighted by molar-refractivity contribution is 14.1. The van der Waals surface area contributed by atoms with Gasteiger partial charge in [-0.2, -0.15) is 4.98 Å². The minimum absolute atomic E-state index is 0.370. The molecule has 0 amide bonds. The van der Waals surface area contributed by atoms with Crippen LogP contribution in [0, 0.1) is 10.8 Å². The van der Waals surface area contributed by atoms with E-state index in [2.05, 4.69) is 15.1 Å². The lowest BCUT2D eigenvalue weighted by Gasteiger charge is -1.84. The number of hydrogen-bond acceptors (Lipinski definition) is 5. The Morgan fingerprint density at radius 3 is 2.83 bits per heavy atom. The average molecular weight is 277 g/mol. The molecule has 0 atom stereocenters. The fourth-order valence-electron chi connectivity index (χ4n) is 0.805. The number of oxazole rings is 1. The van der Waals surface area contributed by atoms with Gasteiger partial charge in [0.2, 0.25) is 9.59 Å². The molecule has 2 rings (SSSR count). The minimum Gasteiger partial charge on any atom is -0.438 e. The van der Waals surface area contributed by atoms with Gasteiger partial charge >= 0.3 is 0 Å². The third-order valence-electron chi connectivity index (χ3n) is 1.34. The van der Waals surface area contributed by atoms with Crippen LogP contribution in [-0.2, 0) is 0 Å². The monoisotopic (exact) mass is 277 g/mol. The number of hydrogen-bond donors (Lipinski definition) is 0. The number of halogens is 1. The van der Waals surface area contributed by atoms with Crippen molar-refractivity contribution in [1.29, 1.82) is 0 Å². The zero-order valence-corrected chi connectivity index (χ0v) is 8.27. The van der Waals surface area contributed by atoms with Gasteiger partial charge < -0.3 is 8.94 Å². The Bertz CT molecular complexity index is 395. The van der Waals surface area contributed by atoms with Gasteiger partial charge in [-0.3, -0.25) is 0 Å². The second-order valence-electron chi connectivity index (χ2n) is 2.14. The van der Waals surface area contributed by atoms with E-state index >= 15 is 0 Å². The average Bonchev–Trinajstić information content (AvgIpc) is 2.58. The largest absolute Gasteiger partial charge is 0.438 e. The molecule has 12 heavy (non-hydrogen) atoms. The zero-order valence-electron chi connectivity index (χ0n) is 6.11. The predicted octanol–water partition coefficient (Wildman–Crippen LogP) is 1.64. The van der Waals surface area contributed by atoms with Gasteiger partial charge in [-0.15, -0.1) is 0 Å². The summed E-state index contributed by atoms with van der Waals surface area (Å²) in [5, 5.41) is 3.63. The SMILES string of the molecule is Cc1ncoc1-c1nc(I)no1. The van der Waals surface area contributed by atoms with E-state index in [1.807, 2.05) is 29.5 Å². The quantitative estimate of drug-likeness (QED) is 0.741. The maximum absolute atomic E-state index is 5.05. The highest BCUT2D eigenvalue weighted by Gasteiger charge is 2.13. The van der Waals surface area contributed by atoms with Crippen LogP contribution in [0.25, 0.3) is 11.7 Å². The lowest BCUT2D eigenvalue weighted by atomic mass is 10.4. The Hall–Kier alpha value is -0.920. The molecule has 62 valence electrons. The smallest absolute Gasteiger partial charge is 0.296 e. The summed E-state index contributed by atoms with van der Waals surface area (Å²) in [5.74, 6) is 0.903. The molecule has 2 aromatic rings. The van der Waals surface area contributed by atoms with Crippen molar-refractivity contribution in [2.24, 2.45) is 0 Å². The van der Waals surface area contributed by atoms with E-state index in [-0.39, 0.29) is 0 Å². The lowest BCUT2D eigenvalue weighted by Crippen LogP contribution is -1.78. The van der Waals surface area contributed by atoms with Crippen molar-refractivity contribution >= 4 is 22.6 Å². The molecule has 5 nitrogen and oxygen atoms in total. The summed E-state index contributed by atoms with van der Waals surface area (Å²) >= 11 is 1.96. The van der Waals surface area contributed by atoms with Crippen molar-refractivity contribution in [2.75, 3.05) is 0 Å². The summed E-state index contributed by atoms with van der Waals surface area (Å²) in [7, 11) is 0. The Kier molecular flexibility index (Phi) is 1.83. The first kappa shape index (κ1) is 7.71. The Morgan fingerprint density at radius 2 is 2.33 bits per heavy atom. The van der Waals surface area contributed by atoms with Crippen molar-refractivity contribution in [2.45, 2.75) is 6.92 Å². The first-order valence-corrected chi connectivity index (χ1v) is 4.25. The third kappa shape index (κ3) is 1.22. The lowest BCUT2D eigenvalue weighted by molar-refractivity contribution is 0.411. The van der Waals surface area contributed by atoms with Gasteiger partial charge in [0.1, 0.15) is 0 Å². The molecule has 0 unspecified atom stereocenters. The number of nitrogens with zero attached hydrogens (tertiary/aromatic N) is 3. The van der Waals surface area contributed by atoms with Crippen molar-refractivity contribution in [3.05, 3.63) is 15.9 Å². The third-order valence-corrected chi connectivity index (χ3v) is 1.78. The first-order chi connectivity index (χ1) is 5.77. The molecule has 2 heterocycles. The molecule has 0 N–H and O–H groups in total. The van der Waals surface area contributed by atoms with E-state index < -0.39 is 0 Å². The molecule has 0 aliphatic heterocycles. The summed E-state index contributed by atoms with van der Waals surface area (Å²) in [6.45, 7) is 1.82. The van der Waals surface area contributed by atoms with Crippen LogP contribution < -0.4 is 0 Å². The molecule has 0 saturated carbocycles. The fraction of sp³-hybridized carbons (Fsp3) is 0.167. The topological polar surface area (TPSA) is 65.0 Å². The van der Waals surface area contributed by atoms with Crippen molar-refractivity contribution < 1.29 is 8.94 Å². The molecule has 0 fully saturated rings. The van der Waals surface area contributed by atoms with Gasteiger partial charge in [0.25, 0.3) is 5.89 Å². The number of aryl methyl sites for hydroxylation is 1. The van der Waals surface area contributed by atoms with Crippen LogP contribution in [0.3, 0.4) is 0 Å². The standard InChI is InChI=1S/C6H4IN3O2/c1-3-4(11-2-8-3)5-9-6(7)10-12-5/h2H,1H3. The van der Waals surface area contributed by atoms with Crippen LogP contribution in [0.5, 0.6) is 0 Å². The molecule has 0 radical (unpaired) electrons. The van der Waals surface area contributed by atoms with Crippen LogP contribution in [0.4, 0.5) is 0 Å². The molecular formula is C6H4IN3O2. The van der Waals surface area contributed by atoms with Gasteiger partial charge in [-0.25, -0.2) is 4.98 Å². The van der Waals surface area contributed by atoms with Crippen molar-refractivity contribution in [1.82, 2.24) is 15.1 Å². The first-order valence-electron chi connectivity index (χ1n) is 3.17. The van der Waals surface area contributed by atoms with Crippen LogP contribution in [0.2, 0.25) is 0 Å². The van der Waals surface area contributed by atoms with E-state index in [1.54, 1.807) is 0 Å². The highest BCUT2D eigenvalue weighted by atomic mass is 127. The van der Waals surface area contributed by atoms with E-state index in [0.717, 1.165) is 5.69 Å². The normalized spacial score (nSPS) is 10.5. The molecule has 0 aliphatic rings. The molecule has 0 aromatic carbocycles. The summed E-state index contributed by atoms with van der Waals surface area (Å²) < 4.78 is 10.5. The van der Waals surface area contributed by atoms with Gasteiger partial charge in [0.15, 0.2) is 6.39 Å². The molecular weight excluding hydrogens is 273 g/mol. The summed E-state index contributed by atoms with van der Waals surface area (Å²) in [4.78, 5) is 7.89. The Morgan fingerprint density at radius 1 is 1.50 bits per heavy atom. The predicted molar refractivity (Wildman–Crippen MR) is 47.2 cm³/mol. The number of aromatic nitrogens is 3. The van der Waals surface area contributed by atoms with E-state index in [9.17, 15) is 0 Å². The van der Waals surface area contributed by atoms with Crippen molar-refractivity contribution in [3.8, 4) is 11.7 Å². The Labute approximate surface area is 81.3 Å². The van der Waals surface area contributed by atoms with Crippen LogP contribution in [-0.4, -0.2) is 15.1 Å². The maximum Gasteiger partial charge on any atom is 0.296 e. The van der Waals surface area contributed by atoms with Crippen LogP contribution >= 0.6 is 22.6 Å².